The Hall–Kier alpha value is -11.2. The Morgan fingerprint density at radius 3 is 2.07 bits per heavy atom. The first-order valence-electron chi connectivity index (χ1n) is 37.5. The van der Waals surface area contributed by atoms with Gasteiger partial charge in [0, 0.05) is 93.0 Å². The zero-order chi connectivity index (χ0) is 76.8. The molecule has 1 aromatic heterocycles. The van der Waals surface area contributed by atoms with E-state index >= 15 is 0 Å². The molecular formula is C84H93N9O16. The van der Waals surface area contributed by atoms with Crippen LogP contribution in [0, 0.1) is 17.3 Å². The highest BCUT2D eigenvalue weighted by Crippen LogP contribution is 2.57. The number of ether oxygens (including phenoxy) is 6. The summed E-state index contributed by atoms with van der Waals surface area (Å²) in [7, 11) is 6.50. The average Bonchev–Trinajstić information content (AvgIpc) is 1.50. The van der Waals surface area contributed by atoms with Gasteiger partial charge in [0.25, 0.3) is 11.8 Å². The molecule has 1 aliphatic carbocycles. The monoisotopic (exact) mass is 1480 g/mol. The SMILES string of the molecule is COc1ccc(C2=CN3C(=O)c4cc(OC)c(OCCCCCOc5cc6c(cc5OC)C(=O)N5CC7(CC7)C[C@H]5[C@@H](O)N6C(=O)OCc5ccc(CC(=O)[C@H](C)NC(=O)[C@@H](CC(=O)CNC(=O)CCC(=O)CCC(=O)N6Cc7ccccc7-c7c(nnn7C)-c7ccccc76)C(C)C)cc5)cc4CC[C@@H]3C2)cc1. The predicted molar refractivity (Wildman–Crippen MR) is 405 cm³/mol. The normalized spacial score (nSPS) is 17.6. The fourth-order valence-electron chi connectivity index (χ4n) is 15.5. The maximum atomic E-state index is 14.5. The highest BCUT2D eigenvalue weighted by atomic mass is 16.6. The van der Waals surface area contributed by atoms with Gasteiger partial charge >= 0.3 is 6.09 Å². The molecule has 6 heterocycles. The molecule has 109 heavy (non-hydrogen) atoms. The van der Waals surface area contributed by atoms with Crippen molar-refractivity contribution < 1.29 is 76.7 Å². The van der Waals surface area contributed by atoms with Crippen LogP contribution in [0.5, 0.6) is 28.7 Å². The first-order chi connectivity index (χ1) is 52.6. The van der Waals surface area contributed by atoms with E-state index in [1.807, 2.05) is 97.0 Å². The van der Waals surface area contributed by atoms with Gasteiger partial charge in [-0.2, -0.15) is 0 Å². The Morgan fingerprint density at radius 1 is 0.688 bits per heavy atom. The molecule has 0 unspecified atom stereocenters. The molecular weight excluding hydrogens is 1390 g/mol. The van der Waals surface area contributed by atoms with Crippen LogP contribution >= 0.6 is 0 Å². The van der Waals surface area contributed by atoms with Gasteiger partial charge in [0.2, 0.25) is 17.7 Å². The smallest absolute Gasteiger partial charge is 0.416 e. The van der Waals surface area contributed by atoms with E-state index in [1.165, 1.54) is 7.11 Å². The lowest BCUT2D eigenvalue weighted by molar-refractivity contribution is -0.133. The van der Waals surface area contributed by atoms with Gasteiger partial charge in [-0.25, -0.2) is 14.4 Å². The standard InChI is InChI=1S/C84H93N9O16/c1-50(2)64(40-60(95)45-85-75(97)31-27-59(94)28-32-76(98)91-46-56-15-9-10-16-62(56)78-77(87-88-89(78)4)63-17-11-12-18-67(63)91)79(99)86-51(3)70(96)37-52-19-21-53(22-20-52)48-109-83(103)93-68-43-74(72(106-7)42-66(68)81(101)92-49-84(33-34-84)44-69(92)82(93)102)108-36-14-8-13-35-107-73-39-55-23-26-58-38-57(54-24-29-61(104-5)30-25-54)47-90(58)80(100)65(55)41-71(73)105-6/h9-12,15-22,24-25,29-30,39,41-43,47,50-51,58,64,69,82,102H,8,13-14,23,26-28,31-38,40,44-46,48-49H2,1-7H3,(H,85,97)(H,86,99)/t51-,58+,64-,69-,82+/m0/s1. The number of fused-ring (bicyclic) bond motifs is 9. The number of aromatic nitrogens is 3. The number of hydrogen-bond acceptors (Lipinski definition) is 18. The lowest BCUT2D eigenvalue weighted by Gasteiger charge is -2.31. The van der Waals surface area contributed by atoms with E-state index in [0.29, 0.717) is 84.8 Å². The lowest BCUT2D eigenvalue weighted by atomic mass is 9.89. The summed E-state index contributed by atoms with van der Waals surface area (Å²) in [4.78, 5) is 130. The number of hydrogen-bond donors (Lipinski definition) is 3. The highest BCUT2D eigenvalue weighted by Gasteiger charge is 2.58. The van der Waals surface area contributed by atoms with Crippen molar-refractivity contribution in [1.29, 1.82) is 0 Å². The molecule has 25 nitrogen and oxygen atoms in total. The first-order valence-corrected chi connectivity index (χ1v) is 37.5. The van der Waals surface area contributed by atoms with Crippen LogP contribution < -0.4 is 44.1 Å². The van der Waals surface area contributed by atoms with Crippen LogP contribution in [0.15, 0.2) is 128 Å². The Kier molecular flexibility index (Phi) is 23.1. The molecule has 1 saturated carbocycles. The third-order valence-electron chi connectivity index (χ3n) is 22.0. The van der Waals surface area contributed by atoms with Crippen molar-refractivity contribution in [2.24, 2.45) is 24.3 Å². The number of aliphatic hydroxyl groups is 1. The summed E-state index contributed by atoms with van der Waals surface area (Å²) in [6.45, 7) is 5.87. The molecule has 5 atom stereocenters. The van der Waals surface area contributed by atoms with E-state index in [1.54, 1.807) is 91.9 Å². The molecule has 570 valence electrons. The molecule has 1 spiro atoms. The first kappa shape index (κ1) is 76.0. The Balaban J connectivity index is 0.557. The van der Waals surface area contributed by atoms with Crippen LogP contribution in [0.1, 0.15) is 153 Å². The van der Waals surface area contributed by atoms with Crippen LogP contribution in [0.25, 0.3) is 28.1 Å². The van der Waals surface area contributed by atoms with Crippen molar-refractivity contribution in [3.8, 4) is 51.3 Å². The van der Waals surface area contributed by atoms with Crippen LogP contribution in [-0.2, 0) is 66.5 Å². The molecule has 3 N–H and O–H groups in total. The second-order valence-corrected chi connectivity index (χ2v) is 29.6. The van der Waals surface area contributed by atoms with Gasteiger partial charge in [-0.3, -0.25) is 38.4 Å². The number of rotatable bonds is 30. The predicted octanol–water partition coefficient (Wildman–Crippen LogP) is 11.1. The second kappa shape index (κ2) is 33.1. The summed E-state index contributed by atoms with van der Waals surface area (Å²) in [5.74, 6) is -1.49. The van der Waals surface area contributed by atoms with Crippen molar-refractivity contribution in [2.75, 3.05) is 57.4 Å². The number of nitrogens with zero attached hydrogens (tertiary/aromatic N) is 7. The van der Waals surface area contributed by atoms with E-state index in [2.05, 4.69) is 20.9 Å². The van der Waals surface area contributed by atoms with Gasteiger partial charge < -0.3 is 58.9 Å². The van der Waals surface area contributed by atoms with Crippen molar-refractivity contribution in [3.63, 3.8) is 0 Å². The summed E-state index contributed by atoms with van der Waals surface area (Å²) in [5, 5.41) is 26.3. The molecule has 6 amide bonds. The Morgan fingerprint density at radius 2 is 1.37 bits per heavy atom. The number of para-hydroxylation sites is 1. The molecule has 0 radical (unpaired) electrons. The van der Waals surface area contributed by atoms with Crippen LogP contribution in [0.3, 0.4) is 0 Å². The second-order valence-electron chi connectivity index (χ2n) is 29.6. The number of aryl methyl sites for hydroxylation is 2. The fraction of sp³-hybridized carbons (Fsp3) is 0.417. The number of nitrogens with one attached hydrogen (secondary N) is 2. The van der Waals surface area contributed by atoms with Gasteiger partial charge in [0.05, 0.1) is 82.3 Å². The van der Waals surface area contributed by atoms with Crippen molar-refractivity contribution in [2.45, 2.75) is 155 Å². The molecule has 2 fully saturated rings. The van der Waals surface area contributed by atoms with Gasteiger partial charge in [-0.15, -0.1) is 5.10 Å². The number of unbranched alkanes of at least 4 members (excludes halogenated alkanes) is 2. The van der Waals surface area contributed by atoms with Crippen LogP contribution in [0.2, 0.25) is 0 Å². The van der Waals surface area contributed by atoms with E-state index in [4.69, 9.17) is 28.4 Å². The Labute approximate surface area is 633 Å². The van der Waals surface area contributed by atoms with E-state index < -0.39 is 47.9 Å². The highest BCUT2D eigenvalue weighted by molar-refractivity contribution is 6.07. The third-order valence-corrected chi connectivity index (χ3v) is 22.0. The average molecular weight is 1480 g/mol. The molecule has 6 aromatic carbocycles. The number of carbonyl (C=O) groups excluding carboxylic acids is 9. The maximum Gasteiger partial charge on any atom is 0.416 e. The number of methoxy groups -OCH3 is 3. The van der Waals surface area contributed by atoms with E-state index in [0.717, 1.165) is 75.4 Å². The Bertz CT molecular complexity index is 4680. The topological polar surface area (TPSA) is 297 Å². The number of ketones is 3. The minimum atomic E-state index is -1.46. The zero-order valence-electron chi connectivity index (χ0n) is 62.6. The van der Waals surface area contributed by atoms with E-state index in [9.17, 15) is 48.3 Å². The molecule has 7 aromatic rings. The largest absolute Gasteiger partial charge is 0.497 e. The van der Waals surface area contributed by atoms with Crippen molar-refractivity contribution in [1.82, 2.24) is 35.4 Å². The summed E-state index contributed by atoms with van der Waals surface area (Å²) in [6.07, 6.45) is 5.39. The summed E-state index contributed by atoms with van der Waals surface area (Å²) >= 11 is 0. The summed E-state index contributed by atoms with van der Waals surface area (Å²) in [6, 6.07) is 35.1. The van der Waals surface area contributed by atoms with Crippen LogP contribution in [-0.4, -0.2) is 155 Å². The maximum absolute atomic E-state index is 14.5. The number of Topliss-reactive ketones (excluding diaryl/α,β-unsaturated/α-hetero) is 3. The molecule has 25 heteroatoms. The van der Waals surface area contributed by atoms with Gasteiger partial charge in [-0.05, 0) is 146 Å². The number of carbonyl (C=O) groups is 9. The van der Waals surface area contributed by atoms with Gasteiger partial charge in [-0.1, -0.05) is 97.9 Å². The van der Waals surface area contributed by atoms with E-state index in [-0.39, 0.29) is 134 Å². The molecule has 5 aliphatic heterocycles. The van der Waals surface area contributed by atoms with Crippen LogP contribution in [0.4, 0.5) is 16.2 Å². The molecule has 13 rings (SSSR count). The van der Waals surface area contributed by atoms with Crippen molar-refractivity contribution in [3.05, 3.63) is 166 Å². The summed E-state index contributed by atoms with van der Waals surface area (Å²) < 4.78 is 37.2. The zero-order valence-corrected chi connectivity index (χ0v) is 62.6. The fourth-order valence-corrected chi connectivity index (χ4v) is 15.5. The number of anilines is 2. The molecule has 0 bridgehead atoms. The minimum absolute atomic E-state index is 0.0371. The van der Waals surface area contributed by atoms with Gasteiger partial charge in [0.1, 0.15) is 23.8 Å². The molecule has 1 saturated heterocycles. The van der Waals surface area contributed by atoms with Crippen molar-refractivity contribution >= 4 is 69.9 Å². The summed E-state index contributed by atoms with van der Waals surface area (Å²) in [5.41, 5.74) is 9.63. The lowest BCUT2D eigenvalue weighted by Crippen LogP contribution is -2.50. The van der Waals surface area contributed by atoms with Gasteiger partial charge in [0.15, 0.2) is 40.8 Å². The quantitative estimate of drug-likeness (QED) is 0.0352. The minimum Gasteiger partial charge on any atom is -0.497 e. The number of benzene rings is 6. The number of amides is 6. The third kappa shape index (κ3) is 16.8. The number of aliphatic hydroxyl groups excluding tert-OH is 1. The molecule has 6 aliphatic rings.